The van der Waals surface area contributed by atoms with Gasteiger partial charge in [-0.2, -0.15) is 0 Å². The number of carbonyl (C=O) groups excluding carboxylic acids is 1. The molecule has 128 heavy (non-hydrogen) atoms. The van der Waals surface area contributed by atoms with E-state index in [1.54, 1.807) is 31.4 Å². The van der Waals surface area contributed by atoms with Gasteiger partial charge in [0, 0.05) is 638 Å². The van der Waals surface area contributed by atoms with Crippen LogP contribution in [0.15, 0.2) is 84.9 Å². The summed E-state index contributed by atoms with van der Waals surface area (Å²) in [7, 11) is 309. The van der Waals surface area contributed by atoms with Crippen molar-refractivity contribution >= 4 is 625 Å². The highest BCUT2D eigenvalue weighted by Crippen LogP contribution is 2.50. The summed E-state index contributed by atoms with van der Waals surface area (Å²) in [6.07, 6.45) is -71.8. The maximum Gasteiger partial charge on any atom is 0.337 e. The molecule has 2 aliphatic rings. The number of methoxy groups -OCH3 is 2. The van der Waals surface area contributed by atoms with Crippen LogP contribution in [0.4, 0.5) is 4.39 Å². The zero-order valence-corrected chi connectivity index (χ0v) is 73.2. The minimum Gasteiger partial charge on any atom is -0.493 e. The van der Waals surface area contributed by atoms with Gasteiger partial charge in [-0.1, -0.05) is 42.5 Å². The number of benzene rings is 4. The van der Waals surface area contributed by atoms with Crippen molar-refractivity contribution in [3.8, 4) is 11.5 Å². The van der Waals surface area contributed by atoms with Crippen LogP contribution in [0.5, 0.6) is 11.5 Å². The van der Waals surface area contributed by atoms with Crippen molar-refractivity contribution < 1.29 is 23.4 Å². The molecule has 2 atom stereocenters. The SMILES string of the molecule is COC(=O)c1ccc(COc2cc3c(cc2OC)C2Cc4c([nH]c5ccccc45)C(c4ccc(F)cc4)N2CC3)cc1.[B]B([B])B(B([B])[B])B(B(B([B])[B])B([B])[B])B(B(B([B])[B])B([B])[B])B(B(B(B(B([B])[B])B([B])[B])B(B([B])[B])B([B])[B])B(B(B([B])[B])B([B])[B])B(B([B])[B])B([B])[B])B(B(B(B([B])[B])B([B])[B])B(B([B])[B])B([B])[B])B(B(B([B])[B])B([B])[B])B(B([B])[B])B([B])[B]. The first-order valence-corrected chi connectivity index (χ1v) is 42.5. The lowest BCUT2D eigenvalue weighted by atomic mass is 8.19. The number of para-hydroxylation sites is 1. The molecule has 0 spiro atoms. The third-order valence-corrected chi connectivity index (χ3v) is 26.9. The molecule has 2 aliphatic heterocycles. The number of nitrogens with zero attached hydrogens (tertiary/aromatic N) is 1. The van der Waals surface area contributed by atoms with Gasteiger partial charge >= 0.3 is 5.97 Å². The molecule has 0 aliphatic carbocycles. The predicted molar refractivity (Wildman–Crippen MR) is 653 cm³/mol. The number of fused-ring (bicyclic) bond motifs is 6. The molecule has 93 heteroatoms. The number of rotatable bonds is 47. The van der Waals surface area contributed by atoms with E-state index in [1.807, 2.05) is 24.3 Å². The van der Waals surface area contributed by atoms with E-state index in [4.69, 9.17) is 355 Å². The second kappa shape index (κ2) is 53.2. The second-order valence-electron chi connectivity index (χ2n) is 35.2. The van der Waals surface area contributed by atoms with Crippen molar-refractivity contribution in [1.29, 1.82) is 0 Å². The van der Waals surface area contributed by atoms with E-state index >= 15 is 0 Å². The zero-order valence-electron chi connectivity index (χ0n) is 73.2. The average molecular weight is 1490 g/mol. The Morgan fingerprint density at radius 1 is 0.359 bits per heavy atom. The van der Waals surface area contributed by atoms with Crippen molar-refractivity contribution in [1.82, 2.24) is 9.88 Å². The highest BCUT2D eigenvalue weighted by Gasteiger charge is 2.67. The molecule has 5 aromatic rings. The summed E-state index contributed by atoms with van der Waals surface area (Å²) in [5.74, 6) is 0.783. The molecule has 0 fully saturated rings. The van der Waals surface area contributed by atoms with Gasteiger partial charge < -0.3 is 19.2 Å². The Morgan fingerprint density at radius 2 is 0.641 bits per heavy atom. The van der Waals surface area contributed by atoms with Crippen LogP contribution in [0.3, 0.4) is 0 Å². The van der Waals surface area contributed by atoms with Gasteiger partial charge in [-0.05, 0) is 83.1 Å². The van der Waals surface area contributed by atoms with Crippen LogP contribution in [0.25, 0.3) is 10.9 Å². The van der Waals surface area contributed by atoms with Gasteiger partial charge in [0.1, 0.15) is 12.4 Å². The number of aromatic amines is 1. The molecule has 4 aromatic carbocycles. The maximum atomic E-state index is 13.9. The number of hydrogen-bond acceptors (Lipinski definition) is 5. The third-order valence-electron chi connectivity index (χ3n) is 26.9. The van der Waals surface area contributed by atoms with E-state index < -0.39 is 268 Å². The van der Waals surface area contributed by atoms with Gasteiger partial charge in [-0.3, -0.25) is 4.90 Å². The van der Waals surface area contributed by atoms with Crippen LogP contribution in [0, 0.1) is 5.82 Å². The van der Waals surface area contributed by atoms with Crippen molar-refractivity contribution in [3.05, 3.63) is 130 Å². The summed E-state index contributed by atoms with van der Waals surface area (Å²) in [5.41, 5.74) is 8.61. The molecule has 1 aromatic heterocycles. The Morgan fingerprint density at radius 3 is 0.922 bits per heavy atom. The Kier molecular flexibility index (Phi) is 48.9. The Balaban J connectivity index is 0.000000491. The standard InChI is InChI=1S/C35H31FN2O4.B86/c1-40-31-19-27-24(17-32(31)42-20-21-7-9-23(10-8-21)35(39)41-2)15-16-38-30(27)18-28-26-5-3-4-6-29(26)37-33(28)34(38)22-11-13-25(36)14-12-22;1-45(2)67(46(3)4)78(68(47(5)6)48(7)8)83(77(65(41)42)66(43)44)86(84(79(69(49(9)10)50(11)12)70(51(13)14)52(15)16)80(71(53(17)18)54(19)20)72(55(21)22)56(23)24)85(81(73(57(25)26)58(27)28)74(59(29)30)60(31)32)82(75(61(33)34)62(35)36)76(63(37)38)64(39)40/h3-14,17,19,30,34,37H,15-16,18,20H2,1-2H3;. The van der Waals surface area contributed by atoms with E-state index in [-0.39, 0.29) is 23.9 Å². The summed E-state index contributed by atoms with van der Waals surface area (Å²) < 4.78 is 30.8. The van der Waals surface area contributed by atoms with E-state index in [1.165, 1.54) is 34.9 Å². The molecule has 0 amide bonds. The molecule has 6 nitrogen and oxygen atoms in total. The number of aromatic nitrogens is 1. The van der Waals surface area contributed by atoms with Gasteiger partial charge in [-0.15, -0.1) is 0 Å². The van der Waals surface area contributed by atoms with Gasteiger partial charge in [-0.25, -0.2) is 9.18 Å². The summed E-state index contributed by atoms with van der Waals surface area (Å²) in [6, 6.07) is 26.9. The lowest BCUT2D eigenvalue weighted by molar-refractivity contribution is 0.0600. The Labute approximate surface area is 844 Å². The lowest BCUT2D eigenvalue weighted by Gasteiger charge is -2.62. The largest absolute Gasteiger partial charge is 0.493 e. The molecule has 3 heterocycles. The normalized spacial score (nSPS) is 12.4. The average Bonchev–Trinajstić information content (AvgIpc) is 1.27. The van der Waals surface area contributed by atoms with E-state index in [9.17, 15) is 9.18 Å². The van der Waals surface area contributed by atoms with Gasteiger partial charge in [0.2, 0.25) is 0 Å². The first-order chi connectivity index (χ1) is 59.6. The smallest absolute Gasteiger partial charge is 0.337 e. The van der Waals surface area contributed by atoms with Crippen LogP contribution in [-0.4, -0.2) is 645 Å². The maximum absolute atomic E-state index is 13.9. The van der Waals surface area contributed by atoms with Gasteiger partial charge in [0.05, 0.1) is 25.8 Å². The van der Waals surface area contributed by atoms with Crippen molar-refractivity contribution in [2.24, 2.45) is 0 Å². The Bertz CT molecular complexity index is 3760. The van der Waals surface area contributed by atoms with Crippen molar-refractivity contribution in [2.75, 3.05) is 20.8 Å². The fourth-order valence-electron chi connectivity index (χ4n) is 22.0. The third kappa shape index (κ3) is 28.5. The number of halogens is 1. The predicted octanol–water partition coefficient (Wildman–Crippen LogP) is -25.8. The minimum absolute atomic E-state index is 0.0187. The minimum atomic E-state index is -2.06. The molecular weight excluding hydrogens is 1460 g/mol. The molecule has 0 bridgehead atoms. The molecule has 2 unspecified atom stereocenters. The molecule has 470 valence electrons. The molecule has 7 rings (SSSR count). The first kappa shape index (κ1) is 118. The van der Waals surface area contributed by atoms with Gasteiger partial charge in [0.25, 0.3) is 0 Å². The summed E-state index contributed by atoms with van der Waals surface area (Å²) in [4.78, 5) is 18.0. The van der Waals surface area contributed by atoms with E-state index in [2.05, 4.69) is 46.3 Å². The second-order valence-corrected chi connectivity index (χ2v) is 35.2. The summed E-state index contributed by atoms with van der Waals surface area (Å²) >= 11 is 0. The monoisotopic (exact) mass is 1510 g/mol. The Hall–Kier alpha value is 0.964. The number of ether oxygens (including phenoxy) is 3. The van der Waals surface area contributed by atoms with Gasteiger partial charge in [0.15, 0.2) is 11.5 Å². The first-order valence-electron chi connectivity index (χ1n) is 42.5. The van der Waals surface area contributed by atoms with Crippen molar-refractivity contribution in [3.63, 3.8) is 0 Å². The van der Waals surface area contributed by atoms with Crippen LogP contribution >= 0.6 is 0 Å². The quantitative estimate of drug-likeness (QED) is 0.0311. The number of nitrogens with one attached hydrogen (secondary N) is 1. The molecule has 1 N–H and O–H groups in total. The molecule has 0 saturated heterocycles. The summed E-state index contributed by atoms with van der Waals surface area (Å²) in [6.45, 7) is 1.20. The van der Waals surface area contributed by atoms with E-state index in [0.29, 0.717) is 23.7 Å². The van der Waals surface area contributed by atoms with E-state index in [0.717, 1.165) is 36.0 Å². The van der Waals surface area contributed by atoms with Crippen LogP contribution < -0.4 is 9.47 Å². The zero-order chi connectivity index (χ0) is 97.0. The summed E-state index contributed by atoms with van der Waals surface area (Å²) in [5, 5.41) is 1.23. The van der Waals surface area contributed by atoms with Crippen molar-refractivity contribution in [2.45, 2.75) is 31.5 Å². The van der Waals surface area contributed by atoms with Crippen LogP contribution in [-0.2, 0) is 24.2 Å². The molecule has 0 saturated carbocycles. The highest BCUT2D eigenvalue weighted by atomic mass is 19.1. The topological polar surface area (TPSA) is 63.8 Å². The lowest BCUT2D eigenvalue weighted by Crippen LogP contribution is -3.00. The highest BCUT2D eigenvalue weighted by molar-refractivity contribution is 8.42. The fourth-order valence-corrected chi connectivity index (χ4v) is 22.0. The number of carbonyl (C=O) groups is 1. The number of hydrogen-bond donors (Lipinski definition) is 1. The van der Waals surface area contributed by atoms with Crippen LogP contribution in [0.2, 0.25) is 0 Å². The molecule has 88 radical (unpaired) electrons. The molecular formula is C35H31B86FN2O4. The number of esters is 1. The number of H-pyrrole nitrogens is 1. The van der Waals surface area contributed by atoms with Crippen LogP contribution in [0.1, 0.15) is 56.0 Å². The fraction of sp³-hybridized carbons (Fsp3) is 0.229.